The summed E-state index contributed by atoms with van der Waals surface area (Å²) < 4.78 is 18.9. The van der Waals surface area contributed by atoms with Crippen LogP contribution >= 0.6 is 11.6 Å². The number of hydrogen-bond donors (Lipinski definition) is 0. The molecule has 0 spiro atoms. The fourth-order valence-electron chi connectivity index (χ4n) is 1.37. The Hall–Kier alpha value is -1.75. The highest BCUT2D eigenvalue weighted by molar-refractivity contribution is 6.28. The van der Waals surface area contributed by atoms with Crippen molar-refractivity contribution in [2.45, 2.75) is 20.0 Å². The van der Waals surface area contributed by atoms with Crippen LogP contribution in [0.2, 0.25) is 5.28 Å². The molecule has 0 aliphatic carbocycles. The van der Waals surface area contributed by atoms with Gasteiger partial charge in [0.2, 0.25) is 5.28 Å². The Morgan fingerprint density at radius 3 is 2.72 bits per heavy atom. The van der Waals surface area contributed by atoms with Crippen LogP contribution < -0.4 is 4.74 Å². The van der Waals surface area contributed by atoms with Gasteiger partial charge in [0.15, 0.2) is 5.82 Å². The van der Waals surface area contributed by atoms with E-state index in [4.69, 9.17) is 16.3 Å². The SMILES string of the molecule is CC(C)Oc1ncc(-c2ccnc(Cl)n2)cc1F. The summed E-state index contributed by atoms with van der Waals surface area (Å²) in [7, 11) is 0. The number of rotatable bonds is 3. The Kier molecular flexibility index (Phi) is 3.72. The lowest BCUT2D eigenvalue weighted by molar-refractivity contribution is 0.221. The van der Waals surface area contributed by atoms with E-state index in [1.54, 1.807) is 19.9 Å². The first-order chi connectivity index (χ1) is 8.56. The summed E-state index contributed by atoms with van der Waals surface area (Å²) in [6.07, 6.45) is 2.85. The van der Waals surface area contributed by atoms with Gasteiger partial charge in [-0.05, 0) is 37.6 Å². The number of nitrogens with zero attached hydrogens (tertiary/aromatic N) is 3. The van der Waals surface area contributed by atoms with Gasteiger partial charge in [-0.3, -0.25) is 0 Å². The second-order valence-electron chi connectivity index (χ2n) is 3.89. The van der Waals surface area contributed by atoms with Crippen LogP contribution in [0.4, 0.5) is 4.39 Å². The predicted molar refractivity (Wildman–Crippen MR) is 66.0 cm³/mol. The normalized spacial score (nSPS) is 10.7. The van der Waals surface area contributed by atoms with Crippen molar-refractivity contribution in [1.82, 2.24) is 15.0 Å². The monoisotopic (exact) mass is 267 g/mol. The zero-order chi connectivity index (χ0) is 13.1. The van der Waals surface area contributed by atoms with Crippen LogP contribution in [0.15, 0.2) is 24.5 Å². The van der Waals surface area contributed by atoms with E-state index in [1.807, 2.05) is 0 Å². The van der Waals surface area contributed by atoms with Crippen LogP contribution in [-0.4, -0.2) is 21.1 Å². The van der Waals surface area contributed by atoms with E-state index in [2.05, 4.69) is 15.0 Å². The van der Waals surface area contributed by atoms with Gasteiger partial charge in [-0.1, -0.05) is 0 Å². The second kappa shape index (κ2) is 5.27. The van der Waals surface area contributed by atoms with Crippen LogP contribution in [-0.2, 0) is 0 Å². The Balaban J connectivity index is 2.34. The molecular formula is C12H11ClFN3O. The van der Waals surface area contributed by atoms with Gasteiger partial charge in [0.25, 0.3) is 5.88 Å². The quantitative estimate of drug-likeness (QED) is 0.802. The lowest BCUT2D eigenvalue weighted by Gasteiger charge is -2.09. The highest BCUT2D eigenvalue weighted by atomic mass is 35.5. The molecule has 2 rings (SSSR count). The third-order valence-electron chi connectivity index (χ3n) is 2.08. The fourth-order valence-corrected chi connectivity index (χ4v) is 1.52. The van der Waals surface area contributed by atoms with E-state index >= 15 is 0 Å². The van der Waals surface area contributed by atoms with Gasteiger partial charge in [-0.15, -0.1) is 0 Å². The minimum atomic E-state index is -0.532. The summed E-state index contributed by atoms with van der Waals surface area (Å²) in [6.45, 7) is 3.61. The van der Waals surface area contributed by atoms with Crippen molar-refractivity contribution >= 4 is 11.6 Å². The molecule has 0 fully saturated rings. The van der Waals surface area contributed by atoms with Crippen LogP contribution in [0.3, 0.4) is 0 Å². The standard InChI is InChI=1S/C12H11ClFN3O/c1-7(2)18-11-9(14)5-8(6-16-11)10-3-4-15-12(13)17-10/h3-7H,1-2H3. The smallest absolute Gasteiger partial charge is 0.250 e. The Bertz CT molecular complexity index is 563. The third-order valence-corrected chi connectivity index (χ3v) is 2.26. The first-order valence-electron chi connectivity index (χ1n) is 5.37. The zero-order valence-electron chi connectivity index (χ0n) is 9.89. The molecule has 6 heteroatoms. The number of halogens is 2. The van der Waals surface area contributed by atoms with Gasteiger partial charge >= 0.3 is 0 Å². The first-order valence-corrected chi connectivity index (χ1v) is 5.75. The van der Waals surface area contributed by atoms with Crippen LogP contribution in [0.25, 0.3) is 11.3 Å². The lowest BCUT2D eigenvalue weighted by atomic mass is 10.2. The Morgan fingerprint density at radius 1 is 1.33 bits per heavy atom. The summed E-state index contributed by atoms with van der Waals surface area (Å²) >= 11 is 5.67. The summed E-state index contributed by atoms with van der Waals surface area (Å²) in [6, 6.07) is 2.94. The molecule has 0 aromatic carbocycles. The topological polar surface area (TPSA) is 47.9 Å². The molecule has 0 atom stereocenters. The van der Waals surface area contributed by atoms with Gasteiger partial charge in [-0.2, -0.15) is 0 Å². The average molecular weight is 268 g/mol. The van der Waals surface area contributed by atoms with Gasteiger partial charge < -0.3 is 4.74 Å². The first kappa shape index (κ1) is 12.7. The van der Waals surface area contributed by atoms with Gasteiger partial charge in [0.1, 0.15) is 0 Å². The van der Waals surface area contributed by atoms with Gasteiger partial charge in [0.05, 0.1) is 11.8 Å². The molecule has 94 valence electrons. The molecule has 4 nitrogen and oxygen atoms in total. The Morgan fingerprint density at radius 2 is 2.11 bits per heavy atom. The third kappa shape index (κ3) is 2.92. The van der Waals surface area contributed by atoms with Crippen molar-refractivity contribution in [3.8, 4) is 17.1 Å². The highest BCUT2D eigenvalue weighted by Gasteiger charge is 2.10. The molecule has 2 heterocycles. The molecular weight excluding hydrogens is 257 g/mol. The van der Waals surface area contributed by atoms with E-state index in [9.17, 15) is 4.39 Å². The molecule has 2 aromatic heterocycles. The van der Waals surface area contributed by atoms with Gasteiger partial charge in [-0.25, -0.2) is 19.3 Å². The largest absolute Gasteiger partial charge is 0.473 e. The van der Waals surface area contributed by atoms with Crippen molar-refractivity contribution in [3.05, 3.63) is 35.6 Å². The number of pyridine rings is 1. The van der Waals surface area contributed by atoms with E-state index < -0.39 is 5.82 Å². The number of ether oxygens (including phenoxy) is 1. The zero-order valence-corrected chi connectivity index (χ0v) is 10.6. The van der Waals surface area contributed by atoms with Crippen molar-refractivity contribution in [2.75, 3.05) is 0 Å². The molecule has 0 unspecified atom stereocenters. The maximum Gasteiger partial charge on any atom is 0.250 e. The van der Waals surface area contributed by atoms with Gasteiger partial charge in [0, 0.05) is 18.0 Å². The molecule has 0 bridgehead atoms. The van der Waals surface area contributed by atoms with E-state index in [-0.39, 0.29) is 17.3 Å². The molecule has 0 saturated heterocycles. The minimum absolute atomic E-state index is 0.0195. The molecule has 2 aromatic rings. The summed E-state index contributed by atoms with van der Waals surface area (Å²) in [5, 5.41) is 0.107. The molecule has 18 heavy (non-hydrogen) atoms. The lowest BCUT2D eigenvalue weighted by Crippen LogP contribution is -2.08. The minimum Gasteiger partial charge on any atom is -0.473 e. The van der Waals surface area contributed by atoms with E-state index in [0.29, 0.717) is 11.3 Å². The average Bonchev–Trinajstić information content (AvgIpc) is 2.31. The summed E-state index contributed by atoms with van der Waals surface area (Å²) in [4.78, 5) is 11.7. The maximum absolute atomic E-state index is 13.7. The number of aromatic nitrogens is 3. The number of hydrogen-bond acceptors (Lipinski definition) is 4. The van der Waals surface area contributed by atoms with Crippen molar-refractivity contribution < 1.29 is 9.13 Å². The van der Waals surface area contributed by atoms with Crippen molar-refractivity contribution in [2.24, 2.45) is 0 Å². The molecule has 0 amide bonds. The fraction of sp³-hybridized carbons (Fsp3) is 0.250. The molecule has 0 aliphatic rings. The maximum atomic E-state index is 13.7. The van der Waals surface area contributed by atoms with E-state index in [0.717, 1.165) is 0 Å². The predicted octanol–water partition coefficient (Wildman–Crippen LogP) is 3.12. The van der Waals surface area contributed by atoms with Crippen LogP contribution in [0.1, 0.15) is 13.8 Å². The second-order valence-corrected chi connectivity index (χ2v) is 4.23. The Labute approximate surface area is 109 Å². The highest BCUT2D eigenvalue weighted by Crippen LogP contribution is 2.22. The molecule has 0 radical (unpaired) electrons. The molecule has 0 saturated carbocycles. The molecule has 0 N–H and O–H groups in total. The summed E-state index contributed by atoms with van der Waals surface area (Å²) in [5.74, 6) is -0.551. The van der Waals surface area contributed by atoms with E-state index in [1.165, 1.54) is 18.5 Å². The summed E-state index contributed by atoms with van der Waals surface area (Å²) in [5.41, 5.74) is 1.03. The van der Waals surface area contributed by atoms with Crippen molar-refractivity contribution in [3.63, 3.8) is 0 Å². The van der Waals surface area contributed by atoms with Crippen LogP contribution in [0, 0.1) is 5.82 Å². The van der Waals surface area contributed by atoms with Crippen molar-refractivity contribution in [1.29, 1.82) is 0 Å². The molecule has 0 aliphatic heterocycles. The van der Waals surface area contributed by atoms with Crippen LogP contribution in [0.5, 0.6) is 5.88 Å².